The maximum absolute atomic E-state index is 13.7. The van der Waals surface area contributed by atoms with Gasteiger partial charge < -0.3 is 9.64 Å². The quantitative estimate of drug-likeness (QED) is 0.411. The maximum Gasteiger partial charge on any atom is 0.275 e. The van der Waals surface area contributed by atoms with Gasteiger partial charge in [0.15, 0.2) is 18.2 Å². The second-order valence-electron chi connectivity index (χ2n) is 8.43. The van der Waals surface area contributed by atoms with Gasteiger partial charge in [-0.2, -0.15) is 9.61 Å². The number of carbonyl (C=O) groups is 1. The fourth-order valence-electron chi connectivity index (χ4n) is 4.01. The Kier molecular flexibility index (Phi) is 6.56. The molecule has 0 N–H and O–H groups in total. The minimum absolute atomic E-state index is 0.0702. The number of nitrogens with zero attached hydrogens (tertiary/aromatic N) is 5. The van der Waals surface area contributed by atoms with Crippen LogP contribution < -0.4 is 10.3 Å². The molecule has 180 valence electrons. The summed E-state index contributed by atoms with van der Waals surface area (Å²) in [5.74, 6) is -0.600. The Hall–Kier alpha value is -3.63. The van der Waals surface area contributed by atoms with Crippen molar-refractivity contribution in [1.82, 2.24) is 24.4 Å². The van der Waals surface area contributed by atoms with Gasteiger partial charge in [0.25, 0.3) is 11.5 Å². The van der Waals surface area contributed by atoms with E-state index in [4.69, 9.17) is 4.74 Å². The number of aryl methyl sites for hydroxylation is 1. The van der Waals surface area contributed by atoms with Crippen LogP contribution in [0.25, 0.3) is 15.5 Å². The lowest BCUT2D eigenvalue weighted by Crippen LogP contribution is -2.49. The molecule has 1 aliphatic heterocycles. The molecule has 4 aromatic rings. The summed E-state index contributed by atoms with van der Waals surface area (Å²) in [6.07, 6.45) is 0. The zero-order valence-corrected chi connectivity index (χ0v) is 20.0. The van der Waals surface area contributed by atoms with Crippen molar-refractivity contribution in [2.45, 2.75) is 13.5 Å². The lowest BCUT2D eigenvalue weighted by Gasteiger charge is -2.34. The largest absolute Gasteiger partial charge is 0.481 e. The topological polar surface area (TPSA) is 80.0 Å². The third-order valence-electron chi connectivity index (χ3n) is 5.86. The normalized spacial score (nSPS) is 14.4. The average Bonchev–Trinajstić information content (AvgIpc) is 3.29. The highest BCUT2D eigenvalue weighted by Crippen LogP contribution is 2.25. The van der Waals surface area contributed by atoms with Gasteiger partial charge in [0.1, 0.15) is 5.01 Å². The summed E-state index contributed by atoms with van der Waals surface area (Å²) in [4.78, 5) is 34.2. The first kappa shape index (κ1) is 23.1. The number of hydrogen-bond acceptors (Lipinski definition) is 7. The van der Waals surface area contributed by atoms with E-state index in [0.717, 1.165) is 16.1 Å². The van der Waals surface area contributed by atoms with Gasteiger partial charge >= 0.3 is 0 Å². The monoisotopic (exact) mass is 493 g/mol. The second-order valence-corrected chi connectivity index (χ2v) is 9.39. The number of carbonyl (C=O) groups excluding carboxylic acids is 1. The highest BCUT2D eigenvalue weighted by Gasteiger charge is 2.22. The Labute approximate surface area is 205 Å². The fraction of sp³-hybridized carbons (Fsp3) is 0.280. The van der Waals surface area contributed by atoms with Crippen molar-refractivity contribution in [3.8, 4) is 16.3 Å². The smallest absolute Gasteiger partial charge is 0.275 e. The molecule has 5 rings (SSSR count). The summed E-state index contributed by atoms with van der Waals surface area (Å²) in [6, 6.07) is 15.5. The minimum atomic E-state index is -0.488. The molecule has 8 nitrogen and oxygen atoms in total. The summed E-state index contributed by atoms with van der Waals surface area (Å²) in [6.45, 7) is 4.66. The molecule has 0 spiro atoms. The van der Waals surface area contributed by atoms with Crippen LogP contribution in [-0.4, -0.2) is 63.1 Å². The van der Waals surface area contributed by atoms with Crippen LogP contribution in [0.15, 0.2) is 59.4 Å². The van der Waals surface area contributed by atoms with Crippen LogP contribution >= 0.6 is 11.3 Å². The van der Waals surface area contributed by atoms with Crippen molar-refractivity contribution in [3.63, 3.8) is 0 Å². The Bertz CT molecular complexity index is 1430. The number of aromatic nitrogens is 3. The molecule has 3 heterocycles. The van der Waals surface area contributed by atoms with E-state index in [0.29, 0.717) is 43.4 Å². The Morgan fingerprint density at radius 3 is 2.66 bits per heavy atom. The van der Waals surface area contributed by atoms with Crippen molar-refractivity contribution in [2.75, 3.05) is 32.8 Å². The lowest BCUT2D eigenvalue weighted by atomic mass is 10.1. The molecule has 0 bridgehead atoms. The first-order chi connectivity index (χ1) is 17.0. The number of para-hydroxylation sites is 1. The van der Waals surface area contributed by atoms with Crippen LogP contribution in [0.2, 0.25) is 0 Å². The first-order valence-corrected chi connectivity index (χ1v) is 12.1. The third kappa shape index (κ3) is 5.23. The molecule has 1 saturated heterocycles. The zero-order valence-electron chi connectivity index (χ0n) is 19.2. The summed E-state index contributed by atoms with van der Waals surface area (Å²) in [5.41, 5.74) is 2.55. The standard InChI is InChI=1S/C25H24FN5O3S/c1-17-5-4-6-18(13-17)24-28-31-22(32)14-19(27-25(31)35-24)15-29-9-11-30(12-10-29)23(33)16-34-21-8-3-2-7-20(21)26/h2-8,13-14H,9-12,15-16H2,1H3. The highest BCUT2D eigenvalue weighted by molar-refractivity contribution is 7.19. The summed E-state index contributed by atoms with van der Waals surface area (Å²) in [5, 5.41) is 5.20. The van der Waals surface area contributed by atoms with Crippen LogP contribution in [-0.2, 0) is 11.3 Å². The minimum Gasteiger partial charge on any atom is -0.481 e. The van der Waals surface area contributed by atoms with Gasteiger partial charge in [-0.1, -0.05) is 47.2 Å². The average molecular weight is 494 g/mol. The molecule has 1 fully saturated rings. The number of piperazine rings is 1. The number of ether oxygens (including phenoxy) is 1. The number of fused-ring (bicyclic) bond motifs is 1. The molecular weight excluding hydrogens is 469 g/mol. The van der Waals surface area contributed by atoms with Crippen molar-refractivity contribution >= 4 is 22.2 Å². The molecule has 0 aliphatic carbocycles. The molecule has 1 amide bonds. The van der Waals surface area contributed by atoms with Gasteiger partial charge in [-0.05, 0) is 25.1 Å². The van der Waals surface area contributed by atoms with Crippen LogP contribution in [0.3, 0.4) is 0 Å². The number of halogens is 1. The molecule has 0 unspecified atom stereocenters. The van der Waals surface area contributed by atoms with Crippen molar-refractivity contribution in [2.24, 2.45) is 0 Å². The second kappa shape index (κ2) is 9.93. The highest BCUT2D eigenvalue weighted by atomic mass is 32.1. The maximum atomic E-state index is 13.7. The SMILES string of the molecule is Cc1cccc(-c2nn3c(=O)cc(CN4CCN(C(=O)COc5ccccc5F)CC4)nc3s2)c1. The van der Waals surface area contributed by atoms with Gasteiger partial charge in [-0.3, -0.25) is 14.5 Å². The number of amides is 1. The number of benzene rings is 2. The Morgan fingerprint density at radius 1 is 1.09 bits per heavy atom. The van der Waals surface area contributed by atoms with E-state index in [1.165, 1.54) is 34.1 Å². The van der Waals surface area contributed by atoms with Crippen LogP contribution in [0.1, 0.15) is 11.3 Å². The van der Waals surface area contributed by atoms with E-state index in [1.54, 1.807) is 17.0 Å². The molecule has 0 saturated carbocycles. The Morgan fingerprint density at radius 2 is 1.89 bits per heavy atom. The van der Waals surface area contributed by atoms with E-state index >= 15 is 0 Å². The van der Waals surface area contributed by atoms with E-state index < -0.39 is 5.82 Å². The van der Waals surface area contributed by atoms with E-state index in [1.807, 2.05) is 31.2 Å². The van der Waals surface area contributed by atoms with Crippen molar-refractivity contribution in [1.29, 1.82) is 0 Å². The molecule has 35 heavy (non-hydrogen) atoms. The summed E-state index contributed by atoms with van der Waals surface area (Å²) in [7, 11) is 0. The zero-order chi connectivity index (χ0) is 24.4. The number of rotatable bonds is 6. The van der Waals surface area contributed by atoms with Crippen LogP contribution in [0.5, 0.6) is 5.75 Å². The van der Waals surface area contributed by atoms with Crippen LogP contribution in [0.4, 0.5) is 4.39 Å². The number of hydrogen-bond donors (Lipinski definition) is 0. The summed E-state index contributed by atoms with van der Waals surface area (Å²) >= 11 is 1.39. The predicted octanol–water partition coefficient (Wildman–Crippen LogP) is 2.99. The molecular formula is C25H24FN5O3S. The van der Waals surface area contributed by atoms with Gasteiger partial charge in [0.05, 0.1) is 5.69 Å². The summed E-state index contributed by atoms with van der Waals surface area (Å²) < 4.78 is 20.4. The molecule has 2 aromatic carbocycles. The van der Waals surface area contributed by atoms with Crippen LogP contribution in [0, 0.1) is 12.7 Å². The first-order valence-electron chi connectivity index (χ1n) is 11.3. The van der Waals surface area contributed by atoms with E-state index in [9.17, 15) is 14.0 Å². The predicted molar refractivity (Wildman–Crippen MR) is 131 cm³/mol. The van der Waals surface area contributed by atoms with Gasteiger partial charge in [-0.25, -0.2) is 9.37 Å². The molecule has 0 radical (unpaired) electrons. The van der Waals surface area contributed by atoms with Gasteiger partial charge in [0.2, 0.25) is 4.96 Å². The fourth-order valence-corrected chi connectivity index (χ4v) is 4.93. The van der Waals surface area contributed by atoms with Crippen molar-refractivity contribution in [3.05, 3.63) is 82.0 Å². The van der Waals surface area contributed by atoms with E-state index in [-0.39, 0.29) is 23.8 Å². The lowest BCUT2D eigenvalue weighted by molar-refractivity contribution is -0.135. The molecule has 2 aromatic heterocycles. The van der Waals surface area contributed by atoms with Gasteiger partial charge in [-0.15, -0.1) is 0 Å². The third-order valence-corrected chi connectivity index (χ3v) is 6.82. The van der Waals surface area contributed by atoms with E-state index in [2.05, 4.69) is 15.0 Å². The molecule has 0 atom stereocenters. The van der Waals surface area contributed by atoms with Gasteiger partial charge in [0, 0.05) is 44.4 Å². The molecule has 10 heteroatoms. The van der Waals surface area contributed by atoms with Crippen molar-refractivity contribution < 1.29 is 13.9 Å². The Balaban J connectivity index is 1.20. The molecule has 1 aliphatic rings.